The number of hydrogen-bond acceptors (Lipinski definition) is 6. The first-order valence-corrected chi connectivity index (χ1v) is 15.6. The Kier molecular flexibility index (Phi) is 8.70. The summed E-state index contributed by atoms with van der Waals surface area (Å²) in [4.78, 5) is 15.8. The van der Waals surface area contributed by atoms with Gasteiger partial charge in [-0.25, -0.2) is 0 Å². The largest absolute Gasteiger partial charge is 0.489 e. The van der Waals surface area contributed by atoms with Crippen molar-refractivity contribution >= 4 is 23.2 Å². The maximum atomic E-state index is 14.0. The smallest absolute Gasteiger partial charge is 0.232 e. The molecular weight excluding hydrogens is 566 g/mol. The van der Waals surface area contributed by atoms with E-state index >= 15 is 0 Å². The van der Waals surface area contributed by atoms with Crippen LogP contribution in [0.3, 0.4) is 0 Å². The van der Waals surface area contributed by atoms with Crippen LogP contribution in [-0.2, 0) is 26.3 Å². The van der Waals surface area contributed by atoms with Crippen LogP contribution in [0.1, 0.15) is 61.9 Å². The normalized spacial score (nSPS) is 20.8. The first kappa shape index (κ1) is 29.9. The summed E-state index contributed by atoms with van der Waals surface area (Å²) < 4.78 is 23.3. The summed E-state index contributed by atoms with van der Waals surface area (Å²) in [5.74, 6) is 1.76. The maximum absolute atomic E-state index is 14.0. The van der Waals surface area contributed by atoms with Crippen LogP contribution in [0.25, 0.3) is 0 Å². The molecule has 0 saturated carbocycles. The highest BCUT2D eigenvalue weighted by Gasteiger charge is 2.38. The van der Waals surface area contributed by atoms with Crippen LogP contribution in [0.5, 0.6) is 11.5 Å². The van der Waals surface area contributed by atoms with Gasteiger partial charge in [0.25, 0.3) is 0 Å². The fourth-order valence-corrected chi connectivity index (χ4v) is 6.45. The molecule has 0 radical (unpaired) electrons. The summed E-state index contributed by atoms with van der Waals surface area (Å²) in [6.07, 6.45) is 1.80. The summed E-state index contributed by atoms with van der Waals surface area (Å²) in [5.41, 5.74) is 3.45. The number of halogens is 1. The molecular formula is C35H40ClNO6. The Morgan fingerprint density at radius 1 is 1.00 bits per heavy atom. The molecule has 3 aliphatic rings. The monoisotopic (exact) mass is 605 g/mol. The highest BCUT2D eigenvalue weighted by Crippen LogP contribution is 2.45. The molecule has 8 heteroatoms. The van der Waals surface area contributed by atoms with Gasteiger partial charge in [-0.1, -0.05) is 35.9 Å². The molecule has 0 aliphatic carbocycles. The lowest BCUT2D eigenvalue weighted by Crippen LogP contribution is -2.41. The lowest BCUT2D eigenvalue weighted by molar-refractivity contribution is -0.118. The number of anilines is 1. The number of hydrogen-bond donors (Lipinski definition) is 1. The molecule has 7 nitrogen and oxygen atoms in total. The molecule has 2 fully saturated rings. The predicted octanol–water partition coefficient (Wildman–Crippen LogP) is 6.47. The molecule has 3 heterocycles. The molecule has 0 spiro atoms. The Morgan fingerprint density at radius 3 is 2.33 bits per heavy atom. The van der Waals surface area contributed by atoms with E-state index in [-0.39, 0.29) is 24.3 Å². The molecule has 3 aliphatic heterocycles. The van der Waals surface area contributed by atoms with Gasteiger partial charge >= 0.3 is 0 Å². The van der Waals surface area contributed by atoms with Crippen molar-refractivity contribution in [1.82, 2.24) is 0 Å². The zero-order valence-electron chi connectivity index (χ0n) is 25.1. The van der Waals surface area contributed by atoms with E-state index in [4.69, 9.17) is 30.5 Å². The topological polar surface area (TPSA) is 77.5 Å². The average molecular weight is 606 g/mol. The minimum atomic E-state index is -0.985. The van der Waals surface area contributed by atoms with Crippen LogP contribution in [0.4, 0.5) is 5.69 Å². The average Bonchev–Trinajstić information content (AvgIpc) is 2.97. The molecule has 1 unspecified atom stereocenters. The minimum Gasteiger partial charge on any atom is -0.489 e. The van der Waals surface area contributed by atoms with Gasteiger partial charge in [-0.2, -0.15) is 0 Å². The van der Waals surface area contributed by atoms with E-state index in [0.717, 1.165) is 40.8 Å². The minimum absolute atomic E-state index is 0.0211. The van der Waals surface area contributed by atoms with E-state index in [1.807, 2.05) is 86.3 Å². The molecule has 1 N–H and O–H groups in total. The molecule has 0 bridgehead atoms. The van der Waals surface area contributed by atoms with Crippen molar-refractivity contribution in [1.29, 1.82) is 0 Å². The molecule has 2 atom stereocenters. The molecule has 1 amide bonds. The van der Waals surface area contributed by atoms with Gasteiger partial charge in [0.1, 0.15) is 0 Å². The van der Waals surface area contributed by atoms with Crippen molar-refractivity contribution < 1.29 is 28.8 Å². The molecule has 6 rings (SSSR count). The number of benzene rings is 3. The first-order valence-electron chi connectivity index (χ1n) is 15.2. The van der Waals surface area contributed by atoms with Crippen molar-refractivity contribution in [3.05, 3.63) is 87.9 Å². The number of aliphatic hydroxyl groups is 1. The van der Waals surface area contributed by atoms with Gasteiger partial charge in [0.05, 0.1) is 44.0 Å². The number of fused-ring (bicyclic) bond motifs is 1. The number of ether oxygens (including phenoxy) is 4. The third kappa shape index (κ3) is 6.27. The van der Waals surface area contributed by atoms with Gasteiger partial charge in [-0.15, -0.1) is 0 Å². The zero-order valence-corrected chi connectivity index (χ0v) is 25.8. The number of carbonyl (C=O) groups excluding carboxylic acids is 1. The van der Waals surface area contributed by atoms with Gasteiger partial charge in [0, 0.05) is 29.8 Å². The van der Waals surface area contributed by atoms with E-state index in [1.54, 1.807) is 0 Å². The standard InChI is InChI=1S/C35H40ClNO6/c1-22(2)43-32-18-30-25(16-31(32)42-21-23-19-41-20-23)17-33(38)37(34(30)24-4-8-28(36)9-5-24)29-10-6-26(7-11-29)35(3,39)27-12-14-40-15-13-27/h4-11,16,18,22-23,27,34,39H,12-15,17,19-21H2,1-3H3/t34-,35?/m0/s1. The Hall–Kier alpha value is -3.10. The van der Waals surface area contributed by atoms with Crippen molar-refractivity contribution in [3.63, 3.8) is 0 Å². The van der Waals surface area contributed by atoms with Crippen LogP contribution in [0.2, 0.25) is 5.02 Å². The van der Waals surface area contributed by atoms with Crippen molar-refractivity contribution in [2.75, 3.05) is 37.9 Å². The molecule has 3 aromatic carbocycles. The molecule has 43 heavy (non-hydrogen) atoms. The van der Waals surface area contributed by atoms with Crippen LogP contribution in [-0.4, -0.2) is 50.2 Å². The fraction of sp³-hybridized carbons (Fsp3) is 0.457. The van der Waals surface area contributed by atoms with Crippen molar-refractivity contribution in [2.45, 2.75) is 57.8 Å². The van der Waals surface area contributed by atoms with Crippen LogP contribution in [0, 0.1) is 11.8 Å². The molecule has 0 aromatic heterocycles. The summed E-state index contributed by atoms with van der Waals surface area (Å²) in [7, 11) is 0. The molecule has 3 aromatic rings. The van der Waals surface area contributed by atoms with Crippen molar-refractivity contribution in [2.24, 2.45) is 11.8 Å². The fourth-order valence-electron chi connectivity index (χ4n) is 6.33. The second kappa shape index (κ2) is 12.5. The van der Waals surface area contributed by atoms with E-state index in [1.165, 1.54) is 0 Å². The third-order valence-electron chi connectivity index (χ3n) is 8.84. The Bertz CT molecular complexity index is 1430. The predicted molar refractivity (Wildman–Crippen MR) is 166 cm³/mol. The summed E-state index contributed by atoms with van der Waals surface area (Å²) in [5, 5.41) is 12.1. The highest BCUT2D eigenvalue weighted by molar-refractivity contribution is 6.30. The second-order valence-corrected chi connectivity index (χ2v) is 12.8. The van der Waals surface area contributed by atoms with E-state index in [2.05, 4.69) is 0 Å². The van der Waals surface area contributed by atoms with Gasteiger partial charge in [-0.05, 0) is 98.2 Å². The summed E-state index contributed by atoms with van der Waals surface area (Å²) in [6, 6.07) is 19.0. The lowest BCUT2D eigenvalue weighted by atomic mass is 9.78. The Balaban J connectivity index is 1.39. The van der Waals surface area contributed by atoms with Crippen LogP contribution < -0.4 is 14.4 Å². The van der Waals surface area contributed by atoms with E-state index < -0.39 is 11.6 Å². The van der Waals surface area contributed by atoms with Crippen LogP contribution in [0.15, 0.2) is 60.7 Å². The van der Waals surface area contributed by atoms with Gasteiger partial charge < -0.3 is 29.0 Å². The molecule has 2 saturated heterocycles. The number of rotatable bonds is 9. The van der Waals surface area contributed by atoms with Crippen molar-refractivity contribution in [3.8, 4) is 11.5 Å². The quantitative estimate of drug-likeness (QED) is 0.301. The second-order valence-electron chi connectivity index (χ2n) is 12.4. The molecule has 228 valence electrons. The maximum Gasteiger partial charge on any atom is 0.232 e. The zero-order chi connectivity index (χ0) is 30.1. The van der Waals surface area contributed by atoms with E-state index in [9.17, 15) is 9.90 Å². The highest BCUT2D eigenvalue weighted by atomic mass is 35.5. The Morgan fingerprint density at radius 2 is 1.70 bits per heavy atom. The first-order chi connectivity index (χ1) is 20.7. The number of amides is 1. The number of carbonyl (C=O) groups is 1. The number of nitrogens with zero attached hydrogens (tertiary/aromatic N) is 1. The lowest BCUT2D eigenvalue weighted by Gasteiger charge is -2.39. The van der Waals surface area contributed by atoms with Gasteiger partial charge in [-0.3, -0.25) is 4.79 Å². The van der Waals surface area contributed by atoms with Crippen LogP contribution >= 0.6 is 11.6 Å². The van der Waals surface area contributed by atoms with E-state index in [0.29, 0.717) is 55.5 Å². The third-order valence-corrected chi connectivity index (χ3v) is 9.10. The summed E-state index contributed by atoms with van der Waals surface area (Å²) >= 11 is 6.28. The van der Waals surface area contributed by atoms with Gasteiger partial charge in [0.15, 0.2) is 11.5 Å². The Labute approximate surface area is 258 Å². The van der Waals surface area contributed by atoms with Gasteiger partial charge in [0.2, 0.25) is 5.91 Å². The summed E-state index contributed by atoms with van der Waals surface area (Å²) in [6.45, 7) is 9.12. The SMILES string of the molecule is CC(C)Oc1cc2c(cc1OCC1COC1)CC(=O)N(c1ccc(C(C)(O)C3CCOCC3)cc1)[C@H]2c1ccc(Cl)cc1.